The Morgan fingerprint density at radius 2 is 2.00 bits per heavy atom. The molecule has 136 valence electrons. The molecule has 1 aliphatic rings. The van der Waals surface area contributed by atoms with E-state index >= 15 is 0 Å². The van der Waals surface area contributed by atoms with Crippen molar-refractivity contribution in [3.05, 3.63) is 58.3 Å². The number of fused-ring (bicyclic) bond motifs is 3. The zero-order valence-corrected chi connectivity index (χ0v) is 16.2. The van der Waals surface area contributed by atoms with Crippen LogP contribution in [0.1, 0.15) is 30.2 Å². The van der Waals surface area contributed by atoms with Gasteiger partial charge in [0.25, 0.3) is 10.0 Å². The van der Waals surface area contributed by atoms with E-state index in [-0.39, 0.29) is 4.90 Å². The summed E-state index contributed by atoms with van der Waals surface area (Å²) in [7, 11) is -3.68. The summed E-state index contributed by atoms with van der Waals surface area (Å²) in [5, 5.41) is 1.54. The van der Waals surface area contributed by atoms with Crippen molar-refractivity contribution in [3.8, 4) is 0 Å². The second-order valence-corrected chi connectivity index (χ2v) is 9.17. The van der Waals surface area contributed by atoms with Crippen LogP contribution in [0.25, 0.3) is 11.0 Å². The molecular formula is C20H20ClNO3S. The highest BCUT2D eigenvalue weighted by molar-refractivity contribution is 7.92. The molecule has 0 saturated carbocycles. The number of aryl methyl sites for hydroxylation is 2. The molecule has 4 rings (SSSR count). The Morgan fingerprint density at radius 3 is 2.77 bits per heavy atom. The molecule has 1 aromatic heterocycles. The predicted molar refractivity (Wildman–Crippen MR) is 104 cm³/mol. The molecule has 0 fully saturated rings. The van der Waals surface area contributed by atoms with Gasteiger partial charge in [0, 0.05) is 28.1 Å². The third-order valence-corrected chi connectivity index (χ3v) is 6.79. The number of anilines is 1. The average Bonchev–Trinajstić information content (AvgIpc) is 2.94. The van der Waals surface area contributed by atoms with Gasteiger partial charge in [-0.15, -0.1) is 0 Å². The molecule has 1 aliphatic carbocycles. The summed E-state index contributed by atoms with van der Waals surface area (Å²) in [6.45, 7) is 4.02. The van der Waals surface area contributed by atoms with Gasteiger partial charge in [0.15, 0.2) is 0 Å². The zero-order valence-electron chi connectivity index (χ0n) is 14.7. The monoisotopic (exact) mass is 389 g/mol. The van der Waals surface area contributed by atoms with Crippen molar-refractivity contribution in [2.24, 2.45) is 5.92 Å². The van der Waals surface area contributed by atoms with E-state index in [0.717, 1.165) is 41.6 Å². The van der Waals surface area contributed by atoms with Crippen LogP contribution in [0.3, 0.4) is 0 Å². The van der Waals surface area contributed by atoms with Gasteiger partial charge in [-0.05, 0) is 67.6 Å². The maximum atomic E-state index is 12.7. The lowest BCUT2D eigenvalue weighted by atomic mass is 9.88. The molecule has 0 aliphatic heterocycles. The van der Waals surface area contributed by atoms with Gasteiger partial charge >= 0.3 is 0 Å². The minimum absolute atomic E-state index is 0.197. The standard InChI is InChI=1S/C20H20ClNO3S/c1-12-3-7-19-16(9-12)17-11-14(4-8-20(17)25-19)22-26(23,24)15-5-6-18(21)13(2)10-15/h4-6,8,10-12,22H,3,7,9H2,1-2H3. The molecule has 1 N–H and O–H groups in total. The largest absolute Gasteiger partial charge is 0.461 e. The van der Waals surface area contributed by atoms with E-state index < -0.39 is 10.0 Å². The first-order valence-electron chi connectivity index (χ1n) is 8.67. The van der Waals surface area contributed by atoms with Crippen molar-refractivity contribution in [2.75, 3.05) is 4.72 Å². The molecule has 4 nitrogen and oxygen atoms in total. The summed E-state index contributed by atoms with van der Waals surface area (Å²) in [4.78, 5) is 0.197. The molecule has 2 aromatic carbocycles. The summed E-state index contributed by atoms with van der Waals surface area (Å²) >= 11 is 6.00. The summed E-state index contributed by atoms with van der Waals surface area (Å²) in [6, 6.07) is 10.1. The van der Waals surface area contributed by atoms with Gasteiger partial charge in [-0.2, -0.15) is 0 Å². The highest BCUT2D eigenvalue weighted by Crippen LogP contribution is 2.35. The summed E-state index contributed by atoms with van der Waals surface area (Å²) in [5.74, 6) is 1.65. The number of hydrogen-bond acceptors (Lipinski definition) is 3. The number of rotatable bonds is 3. The molecule has 1 atom stereocenters. The Morgan fingerprint density at radius 1 is 1.19 bits per heavy atom. The lowest BCUT2D eigenvalue weighted by Gasteiger charge is -2.16. The van der Waals surface area contributed by atoms with E-state index in [1.165, 1.54) is 11.6 Å². The second-order valence-electron chi connectivity index (χ2n) is 7.08. The predicted octanol–water partition coefficient (Wildman–Crippen LogP) is 5.32. The quantitative estimate of drug-likeness (QED) is 0.659. The highest BCUT2D eigenvalue weighted by Gasteiger charge is 2.22. The molecular weight excluding hydrogens is 370 g/mol. The number of benzene rings is 2. The molecule has 0 spiro atoms. The van der Waals surface area contributed by atoms with Gasteiger partial charge in [-0.1, -0.05) is 18.5 Å². The Balaban J connectivity index is 1.70. The Bertz CT molecular complexity index is 1100. The third kappa shape index (κ3) is 3.10. The van der Waals surface area contributed by atoms with Gasteiger partial charge in [0.2, 0.25) is 0 Å². The van der Waals surface area contributed by atoms with Gasteiger partial charge < -0.3 is 4.42 Å². The van der Waals surface area contributed by atoms with Gasteiger partial charge in [0.1, 0.15) is 11.3 Å². The SMILES string of the molecule is Cc1cc(S(=O)(=O)Nc2ccc3oc4c(c3c2)CC(C)CC4)ccc1Cl. The van der Waals surface area contributed by atoms with Crippen LogP contribution in [-0.4, -0.2) is 8.42 Å². The van der Waals surface area contributed by atoms with E-state index in [0.29, 0.717) is 16.6 Å². The number of furan rings is 1. The lowest BCUT2D eigenvalue weighted by molar-refractivity contribution is 0.438. The molecule has 1 heterocycles. The summed E-state index contributed by atoms with van der Waals surface area (Å²) in [5.41, 5.74) is 3.28. The van der Waals surface area contributed by atoms with Crippen molar-refractivity contribution < 1.29 is 12.8 Å². The Hall–Kier alpha value is -1.98. The van der Waals surface area contributed by atoms with Crippen LogP contribution in [-0.2, 0) is 22.9 Å². The molecule has 3 aromatic rings. The number of nitrogens with one attached hydrogen (secondary N) is 1. The fourth-order valence-electron chi connectivity index (χ4n) is 3.51. The first-order valence-corrected chi connectivity index (χ1v) is 10.5. The number of hydrogen-bond donors (Lipinski definition) is 1. The maximum Gasteiger partial charge on any atom is 0.261 e. The van der Waals surface area contributed by atoms with E-state index in [1.54, 1.807) is 25.1 Å². The van der Waals surface area contributed by atoms with Crippen molar-refractivity contribution in [1.29, 1.82) is 0 Å². The van der Waals surface area contributed by atoms with Crippen LogP contribution in [0, 0.1) is 12.8 Å². The van der Waals surface area contributed by atoms with E-state index in [1.807, 2.05) is 12.1 Å². The molecule has 1 unspecified atom stereocenters. The van der Waals surface area contributed by atoms with Crippen LogP contribution in [0.4, 0.5) is 5.69 Å². The minimum Gasteiger partial charge on any atom is -0.461 e. The normalized spacial score (nSPS) is 17.3. The van der Waals surface area contributed by atoms with Crippen molar-refractivity contribution in [1.82, 2.24) is 0 Å². The van der Waals surface area contributed by atoms with Gasteiger partial charge in [0.05, 0.1) is 4.90 Å². The van der Waals surface area contributed by atoms with E-state index in [4.69, 9.17) is 16.0 Å². The van der Waals surface area contributed by atoms with E-state index in [9.17, 15) is 8.42 Å². The fourth-order valence-corrected chi connectivity index (χ4v) is 4.77. The molecule has 0 radical (unpaired) electrons. The second kappa shape index (κ2) is 6.32. The van der Waals surface area contributed by atoms with Gasteiger partial charge in [-0.25, -0.2) is 8.42 Å². The van der Waals surface area contributed by atoms with Crippen molar-refractivity contribution in [2.45, 2.75) is 38.0 Å². The third-order valence-electron chi connectivity index (χ3n) is 4.98. The van der Waals surface area contributed by atoms with Crippen LogP contribution in [0.5, 0.6) is 0 Å². The van der Waals surface area contributed by atoms with Crippen molar-refractivity contribution >= 4 is 38.3 Å². The van der Waals surface area contributed by atoms with Gasteiger partial charge in [-0.3, -0.25) is 4.72 Å². The maximum absolute atomic E-state index is 12.7. The van der Waals surface area contributed by atoms with Crippen LogP contribution >= 0.6 is 11.6 Å². The topological polar surface area (TPSA) is 59.3 Å². The Kier molecular flexibility index (Phi) is 4.24. The zero-order chi connectivity index (χ0) is 18.5. The highest BCUT2D eigenvalue weighted by atomic mass is 35.5. The van der Waals surface area contributed by atoms with Crippen molar-refractivity contribution in [3.63, 3.8) is 0 Å². The summed E-state index contributed by atoms with van der Waals surface area (Å²) < 4.78 is 34.0. The van der Waals surface area contributed by atoms with E-state index in [2.05, 4.69) is 11.6 Å². The van der Waals surface area contributed by atoms with Crippen LogP contribution < -0.4 is 4.72 Å². The number of sulfonamides is 1. The fraction of sp³-hybridized carbons (Fsp3) is 0.300. The molecule has 6 heteroatoms. The average molecular weight is 390 g/mol. The minimum atomic E-state index is -3.68. The first kappa shape index (κ1) is 17.4. The van der Waals surface area contributed by atoms with Crippen LogP contribution in [0.15, 0.2) is 45.7 Å². The molecule has 0 bridgehead atoms. The smallest absolute Gasteiger partial charge is 0.261 e. The number of halogens is 1. The molecule has 26 heavy (non-hydrogen) atoms. The molecule has 0 saturated heterocycles. The lowest BCUT2D eigenvalue weighted by Crippen LogP contribution is -2.13. The first-order chi connectivity index (χ1) is 12.3. The summed E-state index contributed by atoms with van der Waals surface area (Å²) in [6.07, 6.45) is 3.04. The Labute approximate surface area is 158 Å². The van der Waals surface area contributed by atoms with Crippen LogP contribution in [0.2, 0.25) is 5.02 Å². The molecule has 0 amide bonds.